The number of nitrogens with zero attached hydrogens (tertiary/aromatic N) is 1. The molecule has 7 nitrogen and oxygen atoms in total. The molecule has 0 amide bonds. The van der Waals surface area contributed by atoms with Crippen LogP contribution in [0.3, 0.4) is 0 Å². The highest BCUT2D eigenvalue weighted by atomic mass is 16.7. The van der Waals surface area contributed by atoms with Gasteiger partial charge in [0.25, 0.3) is 0 Å². The van der Waals surface area contributed by atoms with Crippen LogP contribution in [0.5, 0.6) is 11.5 Å². The Bertz CT molecular complexity index is 1300. The van der Waals surface area contributed by atoms with Gasteiger partial charge in [0.05, 0.1) is 0 Å². The van der Waals surface area contributed by atoms with Crippen molar-refractivity contribution in [3.8, 4) is 33.8 Å². The van der Waals surface area contributed by atoms with E-state index < -0.39 is 6.16 Å². The molecule has 3 aromatic carbocycles. The van der Waals surface area contributed by atoms with Crippen LogP contribution in [-0.4, -0.2) is 43.5 Å². The molecule has 0 radical (unpaired) electrons. The zero-order valence-electron chi connectivity index (χ0n) is 23.2. The third-order valence-corrected chi connectivity index (χ3v) is 6.83. The fraction of sp³-hybridized carbons (Fsp3) is 0.375. The third-order valence-electron chi connectivity index (χ3n) is 6.83. The topological polar surface area (TPSA) is 85.3 Å². The van der Waals surface area contributed by atoms with E-state index in [9.17, 15) is 9.59 Å². The number of anilines is 1. The summed E-state index contributed by atoms with van der Waals surface area (Å²) in [4.78, 5) is 24.9. The predicted molar refractivity (Wildman–Crippen MR) is 153 cm³/mol. The van der Waals surface area contributed by atoms with E-state index in [1.54, 1.807) is 19.1 Å². The molecule has 39 heavy (non-hydrogen) atoms. The lowest BCUT2D eigenvalue weighted by Gasteiger charge is -2.29. The van der Waals surface area contributed by atoms with Crippen molar-refractivity contribution in [3.05, 3.63) is 66.2 Å². The Morgan fingerprint density at radius 1 is 0.872 bits per heavy atom. The largest absolute Gasteiger partial charge is 0.511 e. The summed E-state index contributed by atoms with van der Waals surface area (Å²) in [6, 6.07) is 19.5. The van der Waals surface area contributed by atoms with E-state index in [0.717, 1.165) is 35.3 Å². The van der Waals surface area contributed by atoms with Gasteiger partial charge in [0.15, 0.2) is 0 Å². The van der Waals surface area contributed by atoms with Crippen LogP contribution in [0.4, 0.5) is 10.5 Å². The van der Waals surface area contributed by atoms with Crippen LogP contribution in [0.15, 0.2) is 60.7 Å². The highest BCUT2D eigenvalue weighted by molar-refractivity contribution is 5.80. The van der Waals surface area contributed by atoms with Gasteiger partial charge in [0.2, 0.25) is 0 Å². The fourth-order valence-corrected chi connectivity index (χ4v) is 4.82. The van der Waals surface area contributed by atoms with Crippen molar-refractivity contribution in [2.45, 2.75) is 52.4 Å². The second-order valence-electron chi connectivity index (χ2n) is 10.7. The second-order valence-corrected chi connectivity index (χ2v) is 10.7. The first kappa shape index (κ1) is 28.0. The normalized spacial score (nSPS) is 13.3. The average molecular weight is 532 g/mol. The number of carbonyl (C=O) groups is 2. The van der Waals surface area contributed by atoms with Crippen molar-refractivity contribution in [1.82, 2.24) is 0 Å². The number of esters is 1. The molecule has 3 aromatic rings. The maximum Gasteiger partial charge on any atom is 0.511 e. The summed E-state index contributed by atoms with van der Waals surface area (Å²) in [6.07, 6.45) is 1.41. The first-order chi connectivity index (χ1) is 18.7. The van der Waals surface area contributed by atoms with Crippen LogP contribution in [0.25, 0.3) is 22.3 Å². The Kier molecular flexibility index (Phi) is 8.79. The summed E-state index contributed by atoms with van der Waals surface area (Å²) in [6.45, 7) is 11.1. The summed E-state index contributed by atoms with van der Waals surface area (Å²) >= 11 is 0. The van der Waals surface area contributed by atoms with Gasteiger partial charge in [-0.05, 0) is 76.9 Å². The van der Waals surface area contributed by atoms with Crippen molar-refractivity contribution < 1.29 is 28.9 Å². The smallest absolute Gasteiger partial charge is 0.489 e. The minimum atomic E-state index is -1.34. The highest BCUT2D eigenvalue weighted by Gasteiger charge is 2.24. The van der Waals surface area contributed by atoms with E-state index >= 15 is 0 Å². The van der Waals surface area contributed by atoms with Gasteiger partial charge in [0, 0.05) is 30.8 Å². The second kappa shape index (κ2) is 12.2. The molecule has 4 rings (SSSR count). The number of ether oxygens (including phenoxy) is 3. The van der Waals surface area contributed by atoms with Crippen LogP contribution in [-0.2, 0) is 14.9 Å². The molecule has 1 aliphatic rings. The molecule has 1 heterocycles. The van der Waals surface area contributed by atoms with Gasteiger partial charge in [0.1, 0.15) is 24.7 Å². The van der Waals surface area contributed by atoms with Gasteiger partial charge < -0.3 is 24.2 Å². The molecule has 0 spiro atoms. The molecule has 1 N–H and O–H groups in total. The standard InChI is InChI=1S/C32H37NO6/c1-5-30(34)38-19-18-37-29-15-11-23(22-8-12-25(13-9-22)39-31(35)36)20-26(29)24-10-14-28(33-16-6-7-17-33)27(21-24)32(2,3)4/h8-15,20-21H,5-7,16-19H2,1-4H3,(H,35,36). The van der Waals surface area contributed by atoms with E-state index in [-0.39, 0.29) is 30.3 Å². The molecular formula is C32H37NO6. The minimum absolute atomic E-state index is 0.0547. The number of rotatable bonds is 9. The zero-order chi connectivity index (χ0) is 28.0. The molecule has 206 valence electrons. The molecule has 0 atom stereocenters. The minimum Gasteiger partial charge on any atom is -0.489 e. The van der Waals surface area contributed by atoms with Crippen molar-refractivity contribution in [1.29, 1.82) is 0 Å². The molecule has 1 fully saturated rings. The molecule has 7 heteroatoms. The van der Waals surface area contributed by atoms with Crippen LogP contribution >= 0.6 is 0 Å². The van der Waals surface area contributed by atoms with Crippen LogP contribution in [0, 0.1) is 0 Å². The molecular weight excluding hydrogens is 494 g/mol. The van der Waals surface area contributed by atoms with E-state index in [2.05, 4.69) is 49.9 Å². The summed E-state index contributed by atoms with van der Waals surface area (Å²) < 4.78 is 16.1. The van der Waals surface area contributed by atoms with Gasteiger partial charge in [-0.15, -0.1) is 0 Å². The zero-order valence-corrected chi connectivity index (χ0v) is 23.2. The van der Waals surface area contributed by atoms with E-state index in [4.69, 9.17) is 19.3 Å². The third kappa shape index (κ3) is 7.11. The molecule has 0 aliphatic carbocycles. The van der Waals surface area contributed by atoms with E-state index in [1.807, 2.05) is 24.3 Å². The van der Waals surface area contributed by atoms with Crippen molar-refractivity contribution in [2.75, 3.05) is 31.2 Å². The molecule has 1 saturated heterocycles. The Morgan fingerprint density at radius 3 is 2.18 bits per heavy atom. The summed E-state index contributed by atoms with van der Waals surface area (Å²) in [5.41, 5.74) is 6.35. The molecule has 1 aliphatic heterocycles. The van der Waals surface area contributed by atoms with E-state index in [0.29, 0.717) is 12.2 Å². The number of benzene rings is 3. The van der Waals surface area contributed by atoms with Gasteiger partial charge in [-0.3, -0.25) is 4.79 Å². The molecule has 0 unspecified atom stereocenters. The average Bonchev–Trinajstić information content (AvgIpc) is 3.45. The lowest BCUT2D eigenvalue weighted by atomic mass is 9.83. The van der Waals surface area contributed by atoms with Crippen LogP contribution in [0.1, 0.15) is 52.5 Å². The first-order valence-corrected chi connectivity index (χ1v) is 13.5. The summed E-state index contributed by atoms with van der Waals surface area (Å²) in [7, 11) is 0. The maximum atomic E-state index is 11.5. The monoisotopic (exact) mass is 531 g/mol. The van der Waals surface area contributed by atoms with Crippen molar-refractivity contribution >= 4 is 17.8 Å². The van der Waals surface area contributed by atoms with E-state index in [1.165, 1.54) is 24.1 Å². The number of hydrogen-bond acceptors (Lipinski definition) is 6. The molecule has 0 saturated carbocycles. The quantitative estimate of drug-likeness (QED) is 0.176. The van der Waals surface area contributed by atoms with Crippen molar-refractivity contribution in [3.63, 3.8) is 0 Å². The predicted octanol–water partition coefficient (Wildman–Crippen LogP) is 7.31. The Hall–Kier alpha value is -4.00. The molecule has 0 aromatic heterocycles. The fourth-order valence-electron chi connectivity index (χ4n) is 4.82. The van der Waals surface area contributed by atoms with Crippen molar-refractivity contribution in [2.24, 2.45) is 0 Å². The van der Waals surface area contributed by atoms with Gasteiger partial charge in [-0.1, -0.05) is 52.0 Å². The molecule has 0 bridgehead atoms. The number of hydrogen-bond donors (Lipinski definition) is 1. The summed E-state index contributed by atoms with van der Waals surface area (Å²) in [5.74, 6) is 0.711. The number of carboxylic acid groups (broad SMARTS) is 1. The lowest BCUT2D eigenvalue weighted by Crippen LogP contribution is -2.23. The SMILES string of the molecule is CCC(=O)OCCOc1ccc(-c2ccc(OC(=O)O)cc2)cc1-c1ccc(N2CCCC2)c(C(C)(C)C)c1. The summed E-state index contributed by atoms with van der Waals surface area (Å²) in [5, 5.41) is 8.88. The van der Waals surface area contributed by atoms with Gasteiger partial charge in [-0.25, -0.2) is 4.79 Å². The maximum absolute atomic E-state index is 11.5. The van der Waals surface area contributed by atoms with Crippen LogP contribution < -0.4 is 14.4 Å². The first-order valence-electron chi connectivity index (χ1n) is 13.5. The lowest BCUT2D eigenvalue weighted by molar-refractivity contribution is -0.143. The van der Waals surface area contributed by atoms with Gasteiger partial charge in [-0.2, -0.15) is 0 Å². The highest BCUT2D eigenvalue weighted by Crippen LogP contribution is 2.40. The Morgan fingerprint density at radius 2 is 1.54 bits per heavy atom. The number of carbonyl (C=O) groups excluding carboxylic acids is 1. The Labute approximate surface area is 230 Å². The Balaban J connectivity index is 1.72. The van der Waals surface area contributed by atoms with Gasteiger partial charge >= 0.3 is 12.1 Å². The van der Waals surface area contributed by atoms with Crippen LogP contribution in [0.2, 0.25) is 0 Å².